The second-order valence-electron chi connectivity index (χ2n) is 5.62. The lowest BCUT2D eigenvalue weighted by atomic mass is 9.93. The van der Waals surface area contributed by atoms with Crippen LogP contribution in [0.15, 0.2) is 48.2 Å². The summed E-state index contributed by atoms with van der Waals surface area (Å²) in [5, 5.41) is 0. The van der Waals surface area contributed by atoms with Crippen molar-refractivity contribution in [1.29, 1.82) is 0 Å². The Bertz CT molecular complexity index is 483. The Morgan fingerprint density at radius 1 is 1.00 bits per heavy atom. The summed E-state index contributed by atoms with van der Waals surface area (Å²) >= 11 is 0. The van der Waals surface area contributed by atoms with E-state index in [1.165, 1.54) is 5.56 Å². The van der Waals surface area contributed by atoms with Crippen molar-refractivity contribution in [3.05, 3.63) is 53.8 Å². The predicted octanol–water partition coefficient (Wildman–Crippen LogP) is 4.58. The summed E-state index contributed by atoms with van der Waals surface area (Å²) in [6.07, 6.45) is 5.53. The minimum Gasteiger partial charge on any atom is -0.491 e. The highest BCUT2D eigenvalue weighted by Crippen LogP contribution is 2.32. The van der Waals surface area contributed by atoms with Crippen LogP contribution in [0.25, 0.3) is 5.57 Å². The van der Waals surface area contributed by atoms with Crippen LogP contribution >= 0.6 is 0 Å². The fraction of sp³-hybridized carbons (Fsp3) is 0.444. The van der Waals surface area contributed by atoms with E-state index in [4.69, 9.17) is 9.47 Å². The van der Waals surface area contributed by atoms with E-state index in [0.29, 0.717) is 0 Å². The average Bonchev–Trinajstić information content (AvgIpc) is 2.38. The molecule has 0 saturated carbocycles. The van der Waals surface area contributed by atoms with Crippen LogP contribution in [0, 0.1) is 0 Å². The monoisotopic (exact) mass is 272 g/mol. The minimum atomic E-state index is 0.0659. The molecule has 0 radical (unpaired) electrons. The zero-order chi connectivity index (χ0) is 14.5. The molecule has 1 aliphatic carbocycles. The van der Waals surface area contributed by atoms with E-state index in [1.54, 1.807) is 0 Å². The molecule has 1 aromatic carbocycles. The van der Waals surface area contributed by atoms with Crippen molar-refractivity contribution in [1.82, 2.24) is 0 Å². The van der Waals surface area contributed by atoms with Crippen LogP contribution in [0.3, 0.4) is 0 Å². The average molecular weight is 272 g/mol. The van der Waals surface area contributed by atoms with Crippen molar-refractivity contribution < 1.29 is 9.47 Å². The molecule has 0 aliphatic heterocycles. The molecule has 2 heteroatoms. The van der Waals surface area contributed by atoms with Gasteiger partial charge in [0.2, 0.25) is 0 Å². The van der Waals surface area contributed by atoms with Crippen LogP contribution in [-0.4, -0.2) is 18.3 Å². The van der Waals surface area contributed by atoms with Crippen molar-refractivity contribution in [2.75, 3.05) is 0 Å². The van der Waals surface area contributed by atoms with E-state index in [0.717, 1.165) is 17.8 Å². The second-order valence-corrected chi connectivity index (χ2v) is 5.62. The Kier molecular flexibility index (Phi) is 5.02. The normalized spacial score (nSPS) is 19.0. The Hall–Kier alpha value is -1.54. The minimum absolute atomic E-state index is 0.0659. The topological polar surface area (TPSA) is 18.5 Å². The first kappa shape index (κ1) is 14.9. The van der Waals surface area contributed by atoms with Gasteiger partial charge < -0.3 is 9.47 Å². The largest absolute Gasteiger partial charge is 0.491 e. The van der Waals surface area contributed by atoms with Crippen LogP contribution in [0.5, 0.6) is 0 Å². The van der Waals surface area contributed by atoms with E-state index in [2.05, 4.69) is 64.1 Å². The van der Waals surface area contributed by atoms with Gasteiger partial charge in [0.25, 0.3) is 0 Å². The lowest BCUT2D eigenvalue weighted by molar-refractivity contribution is 0.0389. The number of allylic oxidation sites excluding steroid dienone is 1. The smallest absolute Gasteiger partial charge is 0.125 e. The van der Waals surface area contributed by atoms with Gasteiger partial charge in [-0.3, -0.25) is 0 Å². The van der Waals surface area contributed by atoms with Gasteiger partial charge in [-0.15, -0.1) is 0 Å². The third kappa shape index (κ3) is 3.73. The lowest BCUT2D eigenvalue weighted by Crippen LogP contribution is -2.23. The molecule has 108 valence electrons. The molecule has 0 amide bonds. The van der Waals surface area contributed by atoms with E-state index >= 15 is 0 Å². The highest BCUT2D eigenvalue weighted by Gasteiger charge is 2.24. The number of hydrogen-bond acceptors (Lipinski definition) is 2. The van der Waals surface area contributed by atoms with Crippen molar-refractivity contribution >= 4 is 5.57 Å². The molecule has 1 aliphatic rings. The summed E-state index contributed by atoms with van der Waals surface area (Å²) in [6.45, 7) is 8.25. The Morgan fingerprint density at radius 2 is 1.70 bits per heavy atom. The van der Waals surface area contributed by atoms with E-state index < -0.39 is 0 Å². The first-order valence-corrected chi connectivity index (χ1v) is 7.36. The fourth-order valence-electron chi connectivity index (χ4n) is 2.42. The van der Waals surface area contributed by atoms with Gasteiger partial charge in [0.05, 0.1) is 18.3 Å². The first-order chi connectivity index (χ1) is 9.58. The van der Waals surface area contributed by atoms with Crippen molar-refractivity contribution in [3.63, 3.8) is 0 Å². The molecule has 20 heavy (non-hydrogen) atoms. The van der Waals surface area contributed by atoms with Crippen molar-refractivity contribution in [2.24, 2.45) is 0 Å². The van der Waals surface area contributed by atoms with Gasteiger partial charge >= 0.3 is 0 Å². The van der Waals surface area contributed by atoms with Gasteiger partial charge in [0.1, 0.15) is 5.76 Å². The molecule has 0 heterocycles. The molecule has 2 rings (SSSR count). The Morgan fingerprint density at radius 3 is 2.30 bits per heavy atom. The standard InChI is InChI=1S/C18H24O2/c1-13(2)19-16-11-8-12-17(20-14(3)4)18(16)15-9-6-5-7-10-15/h5-11,13-14,17H,12H2,1-4H3. The summed E-state index contributed by atoms with van der Waals surface area (Å²) in [6, 6.07) is 10.4. The number of ether oxygens (including phenoxy) is 2. The fourth-order valence-corrected chi connectivity index (χ4v) is 2.42. The maximum Gasteiger partial charge on any atom is 0.125 e. The summed E-state index contributed by atoms with van der Waals surface area (Å²) in [5.41, 5.74) is 2.34. The molecular formula is C18H24O2. The number of hydrogen-bond donors (Lipinski definition) is 0. The molecule has 1 aromatic rings. The van der Waals surface area contributed by atoms with Crippen LogP contribution in [0.1, 0.15) is 39.7 Å². The summed E-state index contributed by atoms with van der Waals surface area (Å²) < 4.78 is 12.1. The summed E-state index contributed by atoms with van der Waals surface area (Å²) in [7, 11) is 0. The van der Waals surface area contributed by atoms with Crippen molar-refractivity contribution in [3.8, 4) is 0 Å². The molecule has 0 N–H and O–H groups in total. The summed E-state index contributed by atoms with van der Waals surface area (Å²) in [4.78, 5) is 0. The zero-order valence-corrected chi connectivity index (χ0v) is 12.8. The third-order valence-corrected chi connectivity index (χ3v) is 3.09. The van der Waals surface area contributed by atoms with Gasteiger partial charge in [0, 0.05) is 5.57 Å². The molecule has 1 unspecified atom stereocenters. The maximum absolute atomic E-state index is 6.08. The van der Waals surface area contributed by atoms with Crippen LogP contribution in [0.2, 0.25) is 0 Å². The SMILES string of the molecule is CC(C)OC1=C(c2ccccc2)C(OC(C)C)CC=C1. The molecule has 0 aromatic heterocycles. The third-order valence-electron chi connectivity index (χ3n) is 3.09. The highest BCUT2D eigenvalue weighted by atomic mass is 16.5. The van der Waals surface area contributed by atoms with Gasteiger partial charge in [0.15, 0.2) is 0 Å². The molecule has 0 bridgehead atoms. The molecular weight excluding hydrogens is 248 g/mol. The predicted molar refractivity (Wildman–Crippen MR) is 83.3 cm³/mol. The molecule has 1 atom stereocenters. The molecule has 0 saturated heterocycles. The molecule has 2 nitrogen and oxygen atoms in total. The van der Waals surface area contributed by atoms with E-state index in [1.807, 2.05) is 6.07 Å². The Balaban J connectivity index is 2.41. The Labute approximate surface area is 122 Å². The zero-order valence-electron chi connectivity index (χ0n) is 12.8. The quantitative estimate of drug-likeness (QED) is 0.781. The number of rotatable bonds is 5. The van der Waals surface area contributed by atoms with Crippen molar-refractivity contribution in [2.45, 2.75) is 52.4 Å². The van der Waals surface area contributed by atoms with E-state index in [-0.39, 0.29) is 18.3 Å². The van der Waals surface area contributed by atoms with Crippen LogP contribution in [0.4, 0.5) is 0 Å². The van der Waals surface area contributed by atoms with Crippen LogP contribution < -0.4 is 0 Å². The van der Waals surface area contributed by atoms with Gasteiger partial charge in [-0.05, 0) is 45.8 Å². The van der Waals surface area contributed by atoms with Gasteiger partial charge in [-0.1, -0.05) is 36.4 Å². The lowest BCUT2D eigenvalue weighted by Gasteiger charge is -2.28. The summed E-state index contributed by atoms with van der Waals surface area (Å²) in [5.74, 6) is 0.933. The van der Waals surface area contributed by atoms with Gasteiger partial charge in [-0.2, -0.15) is 0 Å². The molecule has 0 fully saturated rings. The second kappa shape index (κ2) is 6.76. The van der Waals surface area contributed by atoms with E-state index in [9.17, 15) is 0 Å². The first-order valence-electron chi connectivity index (χ1n) is 7.36. The highest BCUT2D eigenvalue weighted by molar-refractivity contribution is 5.74. The van der Waals surface area contributed by atoms with Crippen LogP contribution in [-0.2, 0) is 9.47 Å². The van der Waals surface area contributed by atoms with Gasteiger partial charge in [-0.25, -0.2) is 0 Å². The molecule has 0 spiro atoms. The maximum atomic E-state index is 6.08. The number of benzene rings is 1.